The van der Waals surface area contributed by atoms with E-state index in [4.69, 9.17) is 27.0 Å². The molecule has 0 aliphatic rings. The molecular weight excluding hydrogens is 311 g/mol. The summed E-state index contributed by atoms with van der Waals surface area (Å²) in [5, 5.41) is 4.03. The van der Waals surface area contributed by atoms with Crippen molar-refractivity contribution in [3.63, 3.8) is 0 Å². The molecule has 1 aromatic carbocycles. The molecule has 1 aromatic heterocycles. The van der Waals surface area contributed by atoms with E-state index in [1.165, 1.54) is 18.7 Å². The molecule has 0 spiro atoms. The van der Waals surface area contributed by atoms with Crippen LogP contribution in [0.1, 0.15) is 5.69 Å². The molecule has 2 aromatic rings. The molecule has 2 rings (SSSR count). The van der Waals surface area contributed by atoms with Gasteiger partial charge >= 0.3 is 0 Å². The molecule has 0 aliphatic heterocycles. The molecular formula is C11H10Cl2N2O3S. The van der Waals surface area contributed by atoms with Crippen LogP contribution in [-0.2, 0) is 9.05 Å². The van der Waals surface area contributed by atoms with Crippen LogP contribution in [0.15, 0.2) is 29.2 Å². The standard InChI is InChI=1S/C11H10Cl2N2O3S/c1-7-10(19(13,16)17)11(12)15(14-7)8-4-3-5-9(6-8)18-2/h3-6H,1-2H3. The summed E-state index contributed by atoms with van der Waals surface area (Å²) in [4.78, 5) is -0.182. The fraction of sp³-hybridized carbons (Fsp3) is 0.182. The van der Waals surface area contributed by atoms with Crippen molar-refractivity contribution in [1.29, 1.82) is 0 Å². The lowest BCUT2D eigenvalue weighted by atomic mass is 10.3. The number of methoxy groups -OCH3 is 1. The maximum absolute atomic E-state index is 11.4. The Hall–Kier alpha value is -1.24. The monoisotopic (exact) mass is 320 g/mol. The highest BCUT2D eigenvalue weighted by atomic mass is 35.7. The van der Waals surface area contributed by atoms with Crippen LogP contribution in [0, 0.1) is 6.92 Å². The lowest BCUT2D eigenvalue weighted by Crippen LogP contribution is -1.98. The maximum atomic E-state index is 11.4. The van der Waals surface area contributed by atoms with Gasteiger partial charge in [-0.15, -0.1) is 0 Å². The zero-order valence-corrected chi connectivity index (χ0v) is 12.4. The van der Waals surface area contributed by atoms with Crippen molar-refractivity contribution in [3.8, 4) is 11.4 Å². The lowest BCUT2D eigenvalue weighted by molar-refractivity contribution is 0.414. The van der Waals surface area contributed by atoms with Gasteiger partial charge in [0.25, 0.3) is 9.05 Å². The van der Waals surface area contributed by atoms with Crippen LogP contribution in [0.5, 0.6) is 5.75 Å². The Balaban J connectivity index is 2.64. The van der Waals surface area contributed by atoms with Gasteiger partial charge in [0.2, 0.25) is 0 Å². The Kier molecular flexibility index (Phi) is 3.75. The minimum Gasteiger partial charge on any atom is -0.497 e. The molecule has 0 N–H and O–H groups in total. The predicted octanol–water partition coefficient (Wildman–Crippen LogP) is 2.77. The zero-order valence-electron chi connectivity index (χ0n) is 10.1. The van der Waals surface area contributed by atoms with Crippen LogP contribution < -0.4 is 4.74 Å². The van der Waals surface area contributed by atoms with Gasteiger partial charge in [0.05, 0.1) is 18.5 Å². The first-order chi connectivity index (χ1) is 8.84. The summed E-state index contributed by atoms with van der Waals surface area (Å²) in [6.45, 7) is 1.53. The molecule has 0 bridgehead atoms. The highest BCUT2D eigenvalue weighted by Gasteiger charge is 2.24. The van der Waals surface area contributed by atoms with Gasteiger partial charge < -0.3 is 4.74 Å². The van der Waals surface area contributed by atoms with E-state index in [0.29, 0.717) is 11.4 Å². The Labute approximate surface area is 120 Å². The van der Waals surface area contributed by atoms with E-state index < -0.39 is 9.05 Å². The van der Waals surface area contributed by atoms with Crippen molar-refractivity contribution in [1.82, 2.24) is 9.78 Å². The normalized spacial score (nSPS) is 11.6. The van der Waals surface area contributed by atoms with Crippen LogP contribution in [-0.4, -0.2) is 25.3 Å². The number of benzene rings is 1. The Bertz CT molecular complexity index is 726. The number of halogens is 2. The first-order valence-corrected chi connectivity index (χ1v) is 7.87. The highest BCUT2D eigenvalue weighted by molar-refractivity contribution is 8.13. The molecule has 0 amide bonds. The van der Waals surface area contributed by atoms with Gasteiger partial charge in [-0.05, 0) is 19.1 Å². The summed E-state index contributed by atoms with van der Waals surface area (Å²) >= 11 is 6.04. The topological polar surface area (TPSA) is 61.2 Å². The van der Waals surface area contributed by atoms with Crippen LogP contribution in [0.4, 0.5) is 0 Å². The third-order valence-electron chi connectivity index (χ3n) is 2.49. The number of hydrogen-bond acceptors (Lipinski definition) is 4. The molecule has 0 saturated carbocycles. The second-order valence-electron chi connectivity index (χ2n) is 3.76. The average Bonchev–Trinajstić information content (AvgIpc) is 2.64. The molecule has 0 saturated heterocycles. The van der Waals surface area contributed by atoms with Gasteiger partial charge in [0.1, 0.15) is 10.6 Å². The number of ether oxygens (including phenoxy) is 1. The van der Waals surface area contributed by atoms with E-state index in [1.807, 2.05) is 0 Å². The molecule has 0 unspecified atom stereocenters. The second kappa shape index (κ2) is 5.03. The summed E-state index contributed by atoms with van der Waals surface area (Å²) in [7, 11) is 2.93. The first-order valence-electron chi connectivity index (χ1n) is 5.19. The van der Waals surface area contributed by atoms with Crippen LogP contribution >= 0.6 is 22.3 Å². The van der Waals surface area contributed by atoms with Crippen LogP contribution in [0.2, 0.25) is 5.15 Å². The summed E-state index contributed by atoms with van der Waals surface area (Å²) in [5.41, 5.74) is 0.821. The van der Waals surface area contributed by atoms with Crippen molar-refractivity contribution in [2.75, 3.05) is 7.11 Å². The first kappa shape index (κ1) is 14.2. The molecule has 0 radical (unpaired) electrons. The summed E-state index contributed by atoms with van der Waals surface area (Å²) in [6, 6.07) is 6.91. The zero-order chi connectivity index (χ0) is 14.2. The van der Waals surface area contributed by atoms with E-state index in [1.54, 1.807) is 24.3 Å². The van der Waals surface area contributed by atoms with Crippen LogP contribution in [0.25, 0.3) is 5.69 Å². The molecule has 102 valence electrons. The second-order valence-corrected chi connectivity index (χ2v) is 6.62. The molecule has 0 fully saturated rings. The Morgan fingerprint density at radius 3 is 2.58 bits per heavy atom. The third kappa shape index (κ3) is 2.70. The maximum Gasteiger partial charge on any atom is 0.266 e. The van der Waals surface area contributed by atoms with Gasteiger partial charge in [-0.3, -0.25) is 0 Å². The van der Waals surface area contributed by atoms with Crippen molar-refractivity contribution in [2.45, 2.75) is 11.8 Å². The van der Waals surface area contributed by atoms with E-state index in [-0.39, 0.29) is 15.7 Å². The largest absolute Gasteiger partial charge is 0.497 e. The highest BCUT2D eigenvalue weighted by Crippen LogP contribution is 2.30. The third-order valence-corrected chi connectivity index (χ3v) is 4.39. The number of rotatable bonds is 3. The van der Waals surface area contributed by atoms with Crippen LogP contribution in [0.3, 0.4) is 0 Å². The number of hydrogen-bond donors (Lipinski definition) is 0. The van der Waals surface area contributed by atoms with E-state index in [0.717, 1.165) is 0 Å². The SMILES string of the molecule is COc1cccc(-n2nc(C)c(S(=O)(=O)Cl)c2Cl)c1. The Morgan fingerprint density at radius 2 is 2.05 bits per heavy atom. The van der Waals surface area contributed by atoms with Gasteiger partial charge in [0, 0.05) is 16.7 Å². The lowest BCUT2D eigenvalue weighted by Gasteiger charge is -2.05. The molecule has 5 nitrogen and oxygen atoms in total. The van der Waals surface area contributed by atoms with Crippen molar-refractivity contribution in [3.05, 3.63) is 35.1 Å². The molecule has 1 heterocycles. The molecule has 0 atom stereocenters. The molecule has 8 heteroatoms. The van der Waals surface area contributed by atoms with Crippen molar-refractivity contribution < 1.29 is 13.2 Å². The summed E-state index contributed by atoms with van der Waals surface area (Å²) in [6.07, 6.45) is 0. The quantitative estimate of drug-likeness (QED) is 0.816. The fourth-order valence-electron chi connectivity index (χ4n) is 1.68. The van der Waals surface area contributed by atoms with Gasteiger partial charge in [0.15, 0.2) is 5.15 Å². The smallest absolute Gasteiger partial charge is 0.266 e. The van der Waals surface area contributed by atoms with E-state index >= 15 is 0 Å². The molecule has 0 aliphatic carbocycles. The van der Waals surface area contributed by atoms with E-state index in [2.05, 4.69) is 5.10 Å². The van der Waals surface area contributed by atoms with Gasteiger partial charge in [-0.1, -0.05) is 17.7 Å². The van der Waals surface area contributed by atoms with Gasteiger partial charge in [-0.2, -0.15) is 5.10 Å². The van der Waals surface area contributed by atoms with Crippen molar-refractivity contribution in [2.24, 2.45) is 0 Å². The van der Waals surface area contributed by atoms with Crippen molar-refractivity contribution >= 4 is 31.3 Å². The minimum absolute atomic E-state index is 0.0549. The average molecular weight is 321 g/mol. The summed E-state index contributed by atoms with van der Waals surface area (Å²) in [5.74, 6) is 0.608. The predicted molar refractivity (Wildman–Crippen MR) is 72.9 cm³/mol. The van der Waals surface area contributed by atoms with E-state index in [9.17, 15) is 8.42 Å². The Morgan fingerprint density at radius 1 is 1.37 bits per heavy atom. The number of aryl methyl sites for hydroxylation is 1. The number of aromatic nitrogens is 2. The van der Waals surface area contributed by atoms with Gasteiger partial charge in [-0.25, -0.2) is 13.1 Å². The molecule has 19 heavy (non-hydrogen) atoms. The minimum atomic E-state index is -3.94. The fourth-order valence-corrected chi connectivity index (χ4v) is 3.61. The number of nitrogens with zero attached hydrogens (tertiary/aromatic N) is 2. The summed E-state index contributed by atoms with van der Waals surface area (Å²) < 4.78 is 29.3.